The molecule has 0 spiro atoms. The Kier molecular flexibility index (Phi) is 5.22. The second-order valence-electron chi connectivity index (χ2n) is 6.12. The monoisotopic (exact) mass is 402 g/mol. The molecule has 0 atom stereocenters. The van der Waals surface area contributed by atoms with Crippen LogP contribution in [0.2, 0.25) is 0 Å². The summed E-state index contributed by atoms with van der Waals surface area (Å²) in [4.78, 5) is 4.70. The van der Waals surface area contributed by atoms with Crippen LogP contribution in [0.15, 0.2) is 53.4 Å². The molecular formula is C19H18N2O2S3. The summed E-state index contributed by atoms with van der Waals surface area (Å²) in [5, 5.41) is 3.78. The zero-order valence-corrected chi connectivity index (χ0v) is 17.1. The van der Waals surface area contributed by atoms with Crippen molar-refractivity contribution in [2.24, 2.45) is 0 Å². The largest absolute Gasteiger partial charge is 0.332 e. The van der Waals surface area contributed by atoms with Gasteiger partial charge in [0.25, 0.3) is 0 Å². The van der Waals surface area contributed by atoms with Crippen LogP contribution in [0, 0.1) is 17.7 Å². The second-order valence-corrected chi connectivity index (χ2v) is 9.74. The number of aryl methyl sites for hydroxylation is 2. The molecule has 7 heteroatoms. The summed E-state index contributed by atoms with van der Waals surface area (Å²) in [5.41, 5.74) is 4.17. The molecule has 26 heavy (non-hydrogen) atoms. The standard InChI is InChI=1S/C19H18N2O2S3/c1-12-7-9-15(10-8-12)20-19-21-16(14-6-4-5-13(2)11-14)17(18(24)25-19)26(3,22)23/h4-11H,1-3H3,(H,20,21). The average Bonchev–Trinajstić information content (AvgIpc) is 2.55. The quantitative estimate of drug-likeness (QED) is 0.600. The number of sulfone groups is 1. The fraction of sp³-hybridized carbons (Fsp3) is 0.158. The van der Waals surface area contributed by atoms with Crippen LogP contribution in [0.4, 0.5) is 10.8 Å². The lowest BCUT2D eigenvalue weighted by molar-refractivity contribution is 0.602. The lowest BCUT2D eigenvalue weighted by Gasteiger charge is -2.12. The molecule has 1 heterocycles. The van der Waals surface area contributed by atoms with E-state index in [2.05, 4.69) is 10.3 Å². The number of aromatic nitrogens is 1. The molecule has 1 aromatic heterocycles. The molecule has 3 aromatic rings. The maximum atomic E-state index is 12.3. The number of rotatable bonds is 4. The van der Waals surface area contributed by atoms with Gasteiger partial charge in [-0.05, 0) is 32.0 Å². The van der Waals surface area contributed by atoms with Crippen LogP contribution in [0.5, 0.6) is 0 Å². The third kappa shape index (κ3) is 4.17. The molecule has 0 amide bonds. The highest BCUT2D eigenvalue weighted by Gasteiger charge is 2.20. The van der Waals surface area contributed by atoms with Gasteiger partial charge in [0.2, 0.25) is 0 Å². The van der Waals surface area contributed by atoms with E-state index in [4.69, 9.17) is 12.2 Å². The van der Waals surface area contributed by atoms with Crippen molar-refractivity contribution in [2.45, 2.75) is 18.7 Å². The molecule has 0 aliphatic carbocycles. The van der Waals surface area contributed by atoms with Gasteiger partial charge in [-0.25, -0.2) is 13.4 Å². The van der Waals surface area contributed by atoms with Crippen LogP contribution >= 0.6 is 23.6 Å². The topological polar surface area (TPSA) is 59.1 Å². The average molecular weight is 403 g/mol. The van der Waals surface area contributed by atoms with Crippen molar-refractivity contribution in [1.29, 1.82) is 0 Å². The maximum absolute atomic E-state index is 12.3. The zero-order chi connectivity index (χ0) is 18.9. The smallest absolute Gasteiger partial charge is 0.189 e. The Hall–Kier alpha value is -2.09. The van der Waals surface area contributed by atoms with Crippen molar-refractivity contribution in [1.82, 2.24) is 4.98 Å². The van der Waals surface area contributed by atoms with E-state index in [1.54, 1.807) is 0 Å². The first-order valence-electron chi connectivity index (χ1n) is 7.90. The van der Waals surface area contributed by atoms with E-state index in [0.717, 1.165) is 33.7 Å². The van der Waals surface area contributed by atoms with E-state index in [1.807, 2.05) is 62.4 Å². The van der Waals surface area contributed by atoms with E-state index >= 15 is 0 Å². The predicted octanol–water partition coefficient (Wildman–Crippen LogP) is 5.30. The lowest BCUT2D eigenvalue weighted by Crippen LogP contribution is -2.04. The van der Waals surface area contributed by atoms with Crippen molar-refractivity contribution >= 4 is 44.2 Å². The van der Waals surface area contributed by atoms with Gasteiger partial charge in [-0.1, -0.05) is 65.0 Å². The summed E-state index contributed by atoms with van der Waals surface area (Å²) in [6.45, 7) is 3.97. The molecule has 0 aliphatic heterocycles. The Balaban J connectivity index is 2.18. The Labute approximate surface area is 162 Å². The molecule has 0 saturated carbocycles. The fourth-order valence-electron chi connectivity index (χ4n) is 2.53. The molecular weight excluding hydrogens is 384 g/mol. The minimum atomic E-state index is -3.50. The van der Waals surface area contributed by atoms with Crippen molar-refractivity contribution in [3.8, 4) is 11.3 Å². The second kappa shape index (κ2) is 7.26. The highest BCUT2D eigenvalue weighted by Crippen LogP contribution is 2.33. The number of benzene rings is 2. The first-order chi connectivity index (χ1) is 12.2. The maximum Gasteiger partial charge on any atom is 0.189 e. The minimum absolute atomic E-state index is 0.109. The van der Waals surface area contributed by atoms with Gasteiger partial charge in [0.05, 0.1) is 5.69 Å². The summed E-state index contributed by atoms with van der Waals surface area (Å²) in [7, 11) is -3.50. The summed E-state index contributed by atoms with van der Waals surface area (Å²) in [6.07, 6.45) is 1.17. The van der Waals surface area contributed by atoms with Gasteiger partial charge in [-0.15, -0.1) is 0 Å². The molecule has 0 unspecified atom stereocenters. The normalized spacial score (nSPS) is 11.3. The number of nitrogens with zero attached hydrogens (tertiary/aromatic N) is 1. The van der Waals surface area contributed by atoms with Crippen molar-refractivity contribution in [2.75, 3.05) is 11.6 Å². The first kappa shape index (κ1) is 18.7. The van der Waals surface area contributed by atoms with Crippen LogP contribution in [0.1, 0.15) is 11.1 Å². The number of hydrogen-bond donors (Lipinski definition) is 1. The Bertz CT molecular complexity index is 1120. The molecule has 2 aromatic carbocycles. The van der Waals surface area contributed by atoms with E-state index in [1.165, 1.54) is 6.26 Å². The van der Waals surface area contributed by atoms with Crippen molar-refractivity contribution in [3.63, 3.8) is 0 Å². The fourth-order valence-corrected chi connectivity index (χ4v) is 5.39. The van der Waals surface area contributed by atoms with Gasteiger partial charge in [0, 0.05) is 17.5 Å². The lowest BCUT2D eigenvalue weighted by atomic mass is 10.1. The van der Waals surface area contributed by atoms with Crippen molar-refractivity contribution < 1.29 is 8.42 Å². The van der Waals surface area contributed by atoms with Gasteiger partial charge in [0.15, 0.2) is 15.0 Å². The SMILES string of the molecule is Cc1ccc(Nc2nc(-c3cccc(C)c3)c(S(C)(=O)=O)c(=S)s2)cc1. The molecule has 0 aliphatic rings. The Morgan fingerprint density at radius 2 is 1.73 bits per heavy atom. The molecule has 1 N–H and O–H groups in total. The molecule has 3 rings (SSSR count). The third-order valence-corrected chi connectivity index (χ3v) is 6.40. The highest BCUT2D eigenvalue weighted by atomic mass is 32.2. The Morgan fingerprint density at radius 1 is 1.04 bits per heavy atom. The number of hydrogen-bond acceptors (Lipinski definition) is 6. The van der Waals surface area contributed by atoms with E-state index in [9.17, 15) is 8.42 Å². The van der Waals surface area contributed by atoms with Crippen LogP contribution < -0.4 is 5.32 Å². The first-order valence-corrected chi connectivity index (χ1v) is 11.0. The summed E-state index contributed by atoms with van der Waals surface area (Å²) < 4.78 is 24.9. The van der Waals surface area contributed by atoms with E-state index in [-0.39, 0.29) is 4.90 Å². The summed E-state index contributed by atoms with van der Waals surface area (Å²) >= 11 is 6.56. The van der Waals surface area contributed by atoms with Crippen LogP contribution in [0.25, 0.3) is 11.3 Å². The molecule has 4 nitrogen and oxygen atoms in total. The molecule has 0 fully saturated rings. The number of nitrogens with one attached hydrogen (secondary N) is 1. The third-order valence-electron chi connectivity index (χ3n) is 3.77. The molecule has 0 radical (unpaired) electrons. The van der Waals surface area contributed by atoms with Gasteiger partial charge in [-0.3, -0.25) is 0 Å². The Morgan fingerprint density at radius 3 is 2.35 bits per heavy atom. The minimum Gasteiger partial charge on any atom is -0.332 e. The van der Waals surface area contributed by atoms with Gasteiger partial charge >= 0.3 is 0 Å². The van der Waals surface area contributed by atoms with Crippen LogP contribution in [-0.2, 0) is 9.84 Å². The van der Waals surface area contributed by atoms with Gasteiger partial charge in [-0.2, -0.15) is 0 Å². The molecule has 134 valence electrons. The van der Waals surface area contributed by atoms with Crippen molar-refractivity contribution in [3.05, 3.63) is 63.5 Å². The molecule has 0 bridgehead atoms. The molecule has 0 saturated heterocycles. The van der Waals surface area contributed by atoms with E-state index < -0.39 is 9.84 Å². The summed E-state index contributed by atoms with van der Waals surface area (Å²) in [5.74, 6) is 0. The summed E-state index contributed by atoms with van der Waals surface area (Å²) in [6, 6.07) is 15.5. The van der Waals surface area contributed by atoms with Gasteiger partial charge in [0.1, 0.15) is 8.72 Å². The van der Waals surface area contributed by atoms with Crippen LogP contribution in [-0.4, -0.2) is 19.7 Å². The van der Waals surface area contributed by atoms with Crippen LogP contribution in [0.3, 0.4) is 0 Å². The van der Waals surface area contributed by atoms with Gasteiger partial charge < -0.3 is 5.32 Å². The predicted molar refractivity (Wildman–Crippen MR) is 111 cm³/mol. The highest BCUT2D eigenvalue weighted by molar-refractivity contribution is 7.91. The van der Waals surface area contributed by atoms with E-state index in [0.29, 0.717) is 14.6 Å². The number of anilines is 2. The zero-order valence-electron chi connectivity index (χ0n) is 14.6.